The minimum absolute atomic E-state index is 0.0402. The number of hydrogen-bond acceptors (Lipinski definition) is 9. The molecule has 0 aliphatic carbocycles. The quantitative estimate of drug-likeness (QED) is 0.312. The molecule has 0 radical (unpaired) electrons. The largest absolute Gasteiger partial charge is 0.505 e. The Morgan fingerprint density at radius 3 is 2.12 bits per heavy atom. The molecule has 0 saturated heterocycles. The molecule has 3 N–H and O–H groups in total. The molecule has 3 rings (SSSR count). The summed E-state index contributed by atoms with van der Waals surface area (Å²) in [4.78, 5) is -1.67. The van der Waals surface area contributed by atoms with E-state index in [0.717, 1.165) is 41.3 Å². The Labute approximate surface area is 193 Å². The molecular weight excluding hydrogens is 520 g/mol. The molecule has 0 fully saturated rings. The van der Waals surface area contributed by atoms with Crippen LogP contribution in [-0.4, -0.2) is 39.5 Å². The van der Waals surface area contributed by atoms with Gasteiger partial charge in [-0.1, -0.05) is 17.7 Å². The Morgan fingerprint density at radius 2 is 1.52 bits per heavy atom. The maximum atomic E-state index is 12.1. The molecule has 0 aromatic heterocycles. The zero-order chi connectivity index (χ0) is 24.6. The molecule has 0 aliphatic rings. The Balaban J connectivity index is 2.21. The first-order valence-corrected chi connectivity index (χ1v) is 13.4. The summed E-state index contributed by atoms with van der Waals surface area (Å²) in [6, 6.07) is 8.82. The van der Waals surface area contributed by atoms with Gasteiger partial charge in [-0.3, -0.25) is 9.11 Å². The third kappa shape index (κ3) is 5.38. The van der Waals surface area contributed by atoms with Crippen molar-refractivity contribution in [2.45, 2.75) is 14.7 Å². The van der Waals surface area contributed by atoms with Crippen molar-refractivity contribution in [1.82, 2.24) is 0 Å². The van der Waals surface area contributed by atoms with Crippen molar-refractivity contribution >= 4 is 63.8 Å². The molecule has 0 bridgehead atoms. The first kappa shape index (κ1) is 24.8. The molecule has 33 heavy (non-hydrogen) atoms. The lowest BCUT2D eigenvalue weighted by Gasteiger charge is -2.09. The van der Waals surface area contributed by atoms with Crippen molar-refractivity contribution in [2.75, 3.05) is 0 Å². The van der Waals surface area contributed by atoms with Crippen LogP contribution in [0.5, 0.6) is 5.75 Å². The number of phenols is 1. The number of nitrogens with zero attached hydrogens (tertiary/aromatic N) is 2. The first-order chi connectivity index (χ1) is 15.2. The lowest BCUT2D eigenvalue weighted by Crippen LogP contribution is -2.00. The number of rotatable bonds is 6. The SMILES string of the molecule is O=S(=O)(O)c1ccc2c(O)c(N=Nc3cccc(S(=O)(=O)/C=C/Cl)c3)c(S(=O)(=O)O)cc2c1. The van der Waals surface area contributed by atoms with Gasteiger partial charge in [-0.2, -0.15) is 21.9 Å². The van der Waals surface area contributed by atoms with Crippen LogP contribution in [0.1, 0.15) is 0 Å². The highest BCUT2D eigenvalue weighted by atomic mass is 35.5. The smallest absolute Gasteiger partial charge is 0.296 e. The van der Waals surface area contributed by atoms with Gasteiger partial charge in [0.25, 0.3) is 20.2 Å². The third-order valence-corrected chi connectivity index (χ3v) is 7.64. The lowest BCUT2D eigenvalue weighted by atomic mass is 10.1. The number of fused-ring (bicyclic) bond motifs is 1. The van der Waals surface area contributed by atoms with Gasteiger partial charge in [-0.05, 0) is 47.9 Å². The van der Waals surface area contributed by atoms with Crippen LogP contribution in [0.25, 0.3) is 10.8 Å². The molecule has 3 aromatic carbocycles. The molecule has 174 valence electrons. The summed E-state index contributed by atoms with van der Waals surface area (Å²) in [6.45, 7) is 0. The monoisotopic (exact) mass is 532 g/mol. The standard InChI is InChI=1S/C18H13ClN2O9S3/c19-6-7-31(23,24)13-3-1-2-12(10-13)20-21-17-16(33(28,29)30)9-11-8-14(32(25,26)27)4-5-15(11)18(17)22/h1-10,22H,(H,25,26,27)(H,28,29,30)/b7-6+,21-20?. The molecular formula is C18H13ClN2O9S3. The van der Waals surface area contributed by atoms with E-state index in [1.54, 1.807) is 0 Å². The van der Waals surface area contributed by atoms with Crippen molar-refractivity contribution in [3.05, 3.63) is 59.5 Å². The summed E-state index contributed by atoms with van der Waals surface area (Å²) in [6.07, 6.45) is 0. The van der Waals surface area contributed by atoms with Gasteiger partial charge < -0.3 is 5.11 Å². The highest BCUT2D eigenvalue weighted by molar-refractivity contribution is 7.94. The third-order valence-electron chi connectivity index (χ3n) is 4.24. The van der Waals surface area contributed by atoms with Crippen LogP contribution in [0.4, 0.5) is 11.4 Å². The second-order valence-electron chi connectivity index (χ2n) is 6.41. The molecule has 0 aliphatic heterocycles. The number of azo groups is 1. The predicted molar refractivity (Wildman–Crippen MR) is 118 cm³/mol. The summed E-state index contributed by atoms with van der Waals surface area (Å²) in [5, 5.41) is 18.5. The Hall–Kier alpha value is -2.88. The number of aromatic hydroxyl groups is 1. The van der Waals surface area contributed by atoms with Gasteiger partial charge in [0.15, 0.2) is 5.75 Å². The van der Waals surface area contributed by atoms with Crippen LogP contribution in [0.3, 0.4) is 0 Å². The summed E-state index contributed by atoms with van der Waals surface area (Å²) >= 11 is 5.32. The van der Waals surface area contributed by atoms with Crippen molar-refractivity contribution < 1.29 is 39.5 Å². The van der Waals surface area contributed by atoms with Crippen LogP contribution < -0.4 is 0 Å². The average Bonchev–Trinajstić information content (AvgIpc) is 2.71. The number of halogens is 1. The normalized spacial score (nSPS) is 13.3. The number of benzene rings is 3. The Kier molecular flexibility index (Phi) is 6.61. The fraction of sp³-hybridized carbons (Fsp3) is 0. The fourth-order valence-electron chi connectivity index (χ4n) is 2.76. The zero-order valence-electron chi connectivity index (χ0n) is 16.1. The second-order valence-corrected chi connectivity index (χ2v) is 11.3. The summed E-state index contributed by atoms with van der Waals surface area (Å²) < 4.78 is 89.4. The maximum Gasteiger partial charge on any atom is 0.296 e. The Bertz CT molecular complexity index is 1650. The van der Waals surface area contributed by atoms with Gasteiger partial charge in [0.1, 0.15) is 10.6 Å². The van der Waals surface area contributed by atoms with E-state index in [1.165, 1.54) is 18.2 Å². The van der Waals surface area contributed by atoms with Gasteiger partial charge in [0.2, 0.25) is 9.84 Å². The highest BCUT2D eigenvalue weighted by Crippen LogP contribution is 2.42. The minimum Gasteiger partial charge on any atom is -0.505 e. The first-order valence-electron chi connectivity index (χ1n) is 8.52. The highest BCUT2D eigenvalue weighted by Gasteiger charge is 2.23. The fourth-order valence-corrected chi connectivity index (χ4v) is 5.19. The Morgan fingerprint density at radius 1 is 0.818 bits per heavy atom. The van der Waals surface area contributed by atoms with Crippen molar-refractivity contribution in [3.8, 4) is 5.75 Å². The van der Waals surface area contributed by atoms with Gasteiger partial charge in [0, 0.05) is 16.3 Å². The molecule has 11 nitrogen and oxygen atoms in total. The lowest BCUT2D eigenvalue weighted by molar-refractivity contribution is 0.472. The van der Waals surface area contributed by atoms with E-state index in [1.807, 2.05) is 0 Å². The number of phenolic OH excluding ortho intramolecular Hbond substituents is 1. The summed E-state index contributed by atoms with van der Waals surface area (Å²) in [5.41, 5.74) is 0.0859. The molecule has 15 heteroatoms. The number of sulfone groups is 1. The van der Waals surface area contributed by atoms with Crippen LogP contribution in [0.2, 0.25) is 0 Å². The molecule has 3 aromatic rings. The molecule has 0 atom stereocenters. The van der Waals surface area contributed by atoms with Gasteiger partial charge >= 0.3 is 0 Å². The molecule has 0 spiro atoms. The van der Waals surface area contributed by atoms with Gasteiger partial charge in [-0.25, -0.2) is 8.42 Å². The topological polar surface area (TPSA) is 188 Å². The van der Waals surface area contributed by atoms with E-state index in [4.69, 9.17) is 11.6 Å². The second kappa shape index (κ2) is 8.81. The maximum absolute atomic E-state index is 12.1. The summed E-state index contributed by atoms with van der Waals surface area (Å²) in [7, 11) is -13.5. The van der Waals surface area contributed by atoms with E-state index in [-0.39, 0.29) is 21.4 Å². The number of hydrogen-bond donors (Lipinski definition) is 3. The minimum atomic E-state index is -4.98. The van der Waals surface area contributed by atoms with E-state index < -0.39 is 51.3 Å². The van der Waals surface area contributed by atoms with Gasteiger partial charge in [0.05, 0.1) is 15.5 Å². The molecule has 0 saturated carbocycles. The van der Waals surface area contributed by atoms with E-state index >= 15 is 0 Å². The van der Waals surface area contributed by atoms with Gasteiger partial charge in [-0.15, -0.1) is 5.11 Å². The van der Waals surface area contributed by atoms with E-state index in [0.29, 0.717) is 0 Å². The van der Waals surface area contributed by atoms with Crippen molar-refractivity contribution in [3.63, 3.8) is 0 Å². The van der Waals surface area contributed by atoms with Crippen LogP contribution >= 0.6 is 11.6 Å². The summed E-state index contributed by atoms with van der Waals surface area (Å²) in [5.74, 6) is -0.764. The zero-order valence-corrected chi connectivity index (χ0v) is 19.3. The van der Waals surface area contributed by atoms with Crippen LogP contribution in [0.15, 0.2) is 84.4 Å². The van der Waals surface area contributed by atoms with E-state index in [2.05, 4.69) is 10.2 Å². The molecule has 0 heterocycles. The average molecular weight is 533 g/mol. The molecule has 0 unspecified atom stereocenters. The van der Waals surface area contributed by atoms with Crippen molar-refractivity contribution in [1.29, 1.82) is 0 Å². The van der Waals surface area contributed by atoms with E-state index in [9.17, 15) is 39.5 Å². The van der Waals surface area contributed by atoms with Crippen LogP contribution in [0, 0.1) is 0 Å². The predicted octanol–water partition coefficient (Wildman–Crippen LogP) is 3.94. The molecule has 0 amide bonds. The van der Waals surface area contributed by atoms with Crippen LogP contribution in [-0.2, 0) is 30.1 Å². The van der Waals surface area contributed by atoms with Crippen molar-refractivity contribution in [2.24, 2.45) is 10.2 Å².